The number of alkyl halides is 2. The summed E-state index contributed by atoms with van der Waals surface area (Å²) >= 11 is 0. The highest BCUT2D eigenvalue weighted by Crippen LogP contribution is 2.44. The van der Waals surface area contributed by atoms with E-state index in [4.69, 9.17) is 0 Å². The van der Waals surface area contributed by atoms with Gasteiger partial charge in [0, 0.05) is 30.9 Å². The number of fused-ring (bicyclic) bond motifs is 2. The largest absolute Gasteiger partial charge is 0.350 e. The minimum atomic E-state index is -2.52. The zero-order valence-electron chi connectivity index (χ0n) is 20.2. The molecule has 1 saturated carbocycles. The summed E-state index contributed by atoms with van der Waals surface area (Å²) in [6.45, 7) is 4.95. The first-order valence-electron chi connectivity index (χ1n) is 12.2. The molecule has 4 aromatic heterocycles. The molecule has 2 fully saturated rings. The number of aryl methyl sites for hydroxylation is 1. The lowest BCUT2D eigenvalue weighted by Crippen LogP contribution is -2.53. The number of likely N-dealkylation sites (tertiary alicyclic amines) is 1. The number of carbonyl (C=O) groups excluding carboxylic acids is 1. The predicted octanol–water partition coefficient (Wildman–Crippen LogP) is 3.31. The summed E-state index contributed by atoms with van der Waals surface area (Å²) in [5.41, 5.74) is 2.32. The lowest BCUT2D eigenvalue weighted by molar-refractivity contribution is -0.145. The van der Waals surface area contributed by atoms with Crippen molar-refractivity contribution in [3.8, 4) is 11.3 Å². The second kappa shape index (κ2) is 8.45. The molecular weight excluding hydrogens is 468 g/mol. The normalized spacial score (nSPS) is 22.0. The van der Waals surface area contributed by atoms with Crippen molar-refractivity contribution in [3.05, 3.63) is 30.5 Å². The summed E-state index contributed by atoms with van der Waals surface area (Å²) in [5.74, 6) is 1.18. The lowest BCUT2D eigenvalue weighted by atomic mass is 9.66. The van der Waals surface area contributed by atoms with Crippen LogP contribution in [-0.2, 0) is 11.3 Å². The fraction of sp³-hybridized carbons (Fsp3) is 0.500. The van der Waals surface area contributed by atoms with Crippen molar-refractivity contribution < 1.29 is 13.6 Å². The molecule has 0 aromatic carbocycles. The van der Waals surface area contributed by atoms with Gasteiger partial charge >= 0.3 is 0 Å². The van der Waals surface area contributed by atoms with Crippen LogP contribution in [0.15, 0.2) is 24.7 Å². The van der Waals surface area contributed by atoms with Crippen LogP contribution in [0.1, 0.15) is 38.4 Å². The van der Waals surface area contributed by atoms with E-state index in [1.165, 1.54) is 4.57 Å². The first-order chi connectivity index (χ1) is 17.3. The fourth-order valence-corrected chi connectivity index (χ4v) is 5.46. The number of amides is 1. The quantitative estimate of drug-likeness (QED) is 0.437. The van der Waals surface area contributed by atoms with E-state index in [0.29, 0.717) is 34.3 Å². The van der Waals surface area contributed by atoms with Gasteiger partial charge in [0.1, 0.15) is 5.82 Å². The summed E-state index contributed by atoms with van der Waals surface area (Å²) in [5, 5.41) is 7.92. The lowest BCUT2D eigenvalue weighted by Gasteiger charge is -2.45. The Hall–Kier alpha value is -3.70. The van der Waals surface area contributed by atoms with Crippen molar-refractivity contribution in [1.82, 2.24) is 39.0 Å². The van der Waals surface area contributed by atoms with Crippen molar-refractivity contribution in [2.45, 2.75) is 58.5 Å². The second-order valence-corrected chi connectivity index (χ2v) is 10.0. The van der Waals surface area contributed by atoms with Crippen molar-refractivity contribution in [2.75, 3.05) is 18.4 Å². The van der Waals surface area contributed by atoms with Crippen LogP contribution in [0.4, 0.5) is 14.7 Å². The van der Waals surface area contributed by atoms with Gasteiger partial charge in [0.05, 0.1) is 35.6 Å². The maximum absolute atomic E-state index is 13.1. The van der Waals surface area contributed by atoms with E-state index in [1.807, 2.05) is 17.9 Å². The molecule has 0 bridgehead atoms. The van der Waals surface area contributed by atoms with Crippen molar-refractivity contribution in [3.63, 3.8) is 0 Å². The number of hydrogen-bond acceptors (Lipinski definition) is 7. The smallest absolute Gasteiger partial charge is 0.256 e. The molecule has 5 heterocycles. The number of imidazole rings is 1. The van der Waals surface area contributed by atoms with E-state index in [2.05, 4.69) is 30.4 Å². The van der Waals surface area contributed by atoms with Crippen LogP contribution in [0.25, 0.3) is 28.1 Å². The molecule has 36 heavy (non-hydrogen) atoms. The Bertz CT molecular complexity index is 1450. The van der Waals surface area contributed by atoms with Crippen molar-refractivity contribution in [1.29, 1.82) is 0 Å². The fourth-order valence-electron chi connectivity index (χ4n) is 5.46. The van der Waals surface area contributed by atoms with Gasteiger partial charge in [-0.15, -0.1) is 5.10 Å². The molecule has 0 atom stereocenters. The van der Waals surface area contributed by atoms with Gasteiger partial charge < -0.3 is 14.8 Å². The molecule has 1 amide bonds. The zero-order valence-corrected chi connectivity index (χ0v) is 20.2. The van der Waals surface area contributed by atoms with E-state index in [-0.39, 0.29) is 17.4 Å². The standard InChI is InChI=1S/C24H27F2N9O/c1-14-29-20-21(34(14)13-19(25)26)31-17(11-27-20)16-5-8-35-18(16)12-28-23(32-35)30-15-9-24(2,10-15)22(36)33-6-3-4-7-33/h5,8,11-12,15,19H,3-4,6-7,9-10,13H2,1-2H3,(H,30,32). The summed E-state index contributed by atoms with van der Waals surface area (Å²) in [7, 11) is 0. The molecule has 4 aromatic rings. The number of halogens is 2. The molecule has 1 N–H and O–H groups in total. The molecule has 10 nitrogen and oxygen atoms in total. The van der Waals surface area contributed by atoms with Gasteiger partial charge in [0.2, 0.25) is 11.9 Å². The Morgan fingerprint density at radius 1 is 1.19 bits per heavy atom. The number of nitrogens with one attached hydrogen (secondary N) is 1. The summed E-state index contributed by atoms with van der Waals surface area (Å²) in [4.78, 5) is 32.4. The summed E-state index contributed by atoms with van der Waals surface area (Å²) < 4.78 is 29.2. The average molecular weight is 496 g/mol. The van der Waals surface area contributed by atoms with Gasteiger partial charge in [0.15, 0.2) is 11.3 Å². The Labute approximate surface area is 205 Å². The molecule has 12 heteroatoms. The number of aromatic nitrogens is 7. The Morgan fingerprint density at radius 3 is 2.72 bits per heavy atom. The first kappa shape index (κ1) is 22.7. The third-order valence-electron chi connectivity index (χ3n) is 7.30. The van der Waals surface area contributed by atoms with Crippen molar-refractivity contribution >= 4 is 28.7 Å². The molecule has 1 aliphatic carbocycles. The van der Waals surface area contributed by atoms with Crippen LogP contribution in [0.3, 0.4) is 0 Å². The molecule has 0 radical (unpaired) electrons. The van der Waals surface area contributed by atoms with Gasteiger partial charge in [-0.2, -0.15) is 0 Å². The van der Waals surface area contributed by atoms with Gasteiger partial charge in [-0.25, -0.2) is 33.2 Å². The Morgan fingerprint density at radius 2 is 1.97 bits per heavy atom. The third kappa shape index (κ3) is 3.84. The monoisotopic (exact) mass is 495 g/mol. The third-order valence-corrected chi connectivity index (χ3v) is 7.30. The Kier molecular flexibility index (Phi) is 5.34. The van der Waals surface area contributed by atoms with Gasteiger partial charge in [-0.1, -0.05) is 6.92 Å². The average Bonchev–Trinajstić information content (AvgIpc) is 3.56. The van der Waals surface area contributed by atoms with Gasteiger partial charge in [0.25, 0.3) is 6.43 Å². The maximum atomic E-state index is 13.1. The van der Waals surface area contributed by atoms with E-state index in [0.717, 1.165) is 44.3 Å². The molecule has 2 aliphatic rings. The highest BCUT2D eigenvalue weighted by Gasteiger charge is 2.48. The molecule has 0 spiro atoms. The number of rotatable bonds is 6. The summed E-state index contributed by atoms with van der Waals surface area (Å²) in [6, 6.07) is 1.99. The molecule has 0 unspecified atom stereocenters. The molecule has 1 saturated heterocycles. The van der Waals surface area contributed by atoms with Gasteiger partial charge in [-0.3, -0.25) is 4.79 Å². The number of nitrogens with zero attached hydrogens (tertiary/aromatic N) is 8. The predicted molar refractivity (Wildman–Crippen MR) is 129 cm³/mol. The summed E-state index contributed by atoms with van der Waals surface area (Å²) in [6.07, 6.45) is 6.24. The highest BCUT2D eigenvalue weighted by atomic mass is 19.3. The van der Waals surface area contributed by atoms with Crippen LogP contribution < -0.4 is 5.32 Å². The molecule has 1 aliphatic heterocycles. The van der Waals surface area contributed by atoms with Crippen LogP contribution in [0, 0.1) is 12.3 Å². The number of carbonyl (C=O) groups is 1. The van der Waals surface area contributed by atoms with E-state index in [9.17, 15) is 13.6 Å². The van der Waals surface area contributed by atoms with E-state index >= 15 is 0 Å². The van der Waals surface area contributed by atoms with Crippen LogP contribution >= 0.6 is 0 Å². The number of hydrogen-bond donors (Lipinski definition) is 1. The molecular formula is C24H27F2N9O. The molecule has 6 rings (SSSR count). The van der Waals surface area contributed by atoms with Crippen molar-refractivity contribution in [2.24, 2.45) is 5.41 Å². The van der Waals surface area contributed by atoms with Gasteiger partial charge in [-0.05, 0) is 38.7 Å². The highest BCUT2D eigenvalue weighted by molar-refractivity contribution is 5.84. The van der Waals surface area contributed by atoms with Crippen LogP contribution in [-0.4, -0.2) is 70.5 Å². The van der Waals surface area contributed by atoms with E-state index < -0.39 is 13.0 Å². The Balaban J connectivity index is 1.20. The van der Waals surface area contributed by atoms with Crippen LogP contribution in [0.2, 0.25) is 0 Å². The number of anilines is 1. The minimum absolute atomic E-state index is 0.140. The van der Waals surface area contributed by atoms with Crippen LogP contribution in [0.5, 0.6) is 0 Å². The minimum Gasteiger partial charge on any atom is -0.350 e. The second-order valence-electron chi connectivity index (χ2n) is 10.0. The first-order valence-corrected chi connectivity index (χ1v) is 12.2. The maximum Gasteiger partial charge on any atom is 0.256 e. The zero-order chi connectivity index (χ0) is 25.0. The molecule has 188 valence electrons. The van der Waals surface area contributed by atoms with E-state index in [1.54, 1.807) is 30.0 Å². The SMILES string of the molecule is Cc1nc2ncc(-c3ccn4nc(NC5CC(C)(C(=O)N6CCCC6)C5)ncc34)nc2n1CC(F)F. The topological polar surface area (TPSA) is 106 Å².